The minimum absolute atomic E-state index is 0.729. The van der Waals surface area contributed by atoms with Crippen molar-refractivity contribution in [3.8, 4) is 11.5 Å². The minimum Gasteiger partial charge on any atom is -0.457 e. The Bertz CT molecular complexity index is 726. The molecule has 1 heterocycles. The SMILES string of the molecule is Nc1ccc(Oc2ccc(I)cc2)c2cnccc12. The summed E-state index contributed by atoms with van der Waals surface area (Å²) in [5.41, 5.74) is 6.68. The maximum Gasteiger partial charge on any atom is 0.136 e. The van der Waals surface area contributed by atoms with Crippen molar-refractivity contribution in [2.75, 3.05) is 5.73 Å². The zero-order chi connectivity index (χ0) is 13.2. The number of hydrogen-bond acceptors (Lipinski definition) is 3. The molecule has 1 aromatic heterocycles. The van der Waals surface area contributed by atoms with E-state index in [1.165, 1.54) is 3.57 Å². The summed E-state index contributed by atoms with van der Waals surface area (Å²) in [4.78, 5) is 4.13. The number of pyridine rings is 1. The molecule has 0 saturated carbocycles. The van der Waals surface area contributed by atoms with E-state index in [1.54, 1.807) is 12.4 Å². The van der Waals surface area contributed by atoms with E-state index in [-0.39, 0.29) is 0 Å². The van der Waals surface area contributed by atoms with E-state index in [0.29, 0.717) is 0 Å². The Labute approximate surface area is 124 Å². The molecular weight excluding hydrogens is 351 g/mol. The molecule has 0 saturated heterocycles. The molecular formula is C15H11IN2O. The molecule has 0 unspecified atom stereocenters. The third-order valence-electron chi connectivity index (χ3n) is 2.85. The summed E-state index contributed by atoms with van der Waals surface area (Å²) >= 11 is 2.26. The van der Waals surface area contributed by atoms with Gasteiger partial charge in [0.15, 0.2) is 0 Å². The van der Waals surface area contributed by atoms with Gasteiger partial charge in [0, 0.05) is 32.4 Å². The van der Waals surface area contributed by atoms with Gasteiger partial charge in [-0.25, -0.2) is 0 Å². The number of nitrogens with two attached hydrogens (primary N) is 1. The van der Waals surface area contributed by atoms with Crippen molar-refractivity contribution < 1.29 is 4.74 Å². The Morgan fingerprint density at radius 2 is 1.74 bits per heavy atom. The van der Waals surface area contributed by atoms with Gasteiger partial charge in [-0.1, -0.05) is 0 Å². The first kappa shape index (κ1) is 12.2. The van der Waals surface area contributed by atoms with E-state index >= 15 is 0 Å². The predicted octanol–water partition coefficient (Wildman–Crippen LogP) is 4.21. The predicted molar refractivity (Wildman–Crippen MR) is 85.4 cm³/mol. The number of nitrogens with zero attached hydrogens (tertiary/aromatic N) is 1. The smallest absolute Gasteiger partial charge is 0.136 e. The fourth-order valence-electron chi connectivity index (χ4n) is 1.91. The normalized spacial score (nSPS) is 10.6. The van der Waals surface area contributed by atoms with Crippen LogP contribution in [0.3, 0.4) is 0 Å². The van der Waals surface area contributed by atoms with Crippen LogP contribution in [0.15, 0.2) is 54.9 Å². The van der Waals surface area contributed by atoms with Gasteiger partial charge in [0.25, 0.3) is 0 Å². The van der Waals surface area contributed by atoms with Gasteiger partial charge in [-0.05, 0) is 65.1 Å². The molecule has 2 aromatic carbocycles. The third-order valence-corrected chi connectivity index (χ3v) is 3.57. The summed E-state index contributed by atoms with van der Waals surface area (Å²) in [5.74, 6) is 1.56. The zero-order valence-electron chi connectivity index (χ0n) is 10.0. The lowest BCUT2D eigenvalue weighted by atomic mass is 10.1. The highest BCUT2D eigenvalue weighted by Gasteiger charge is 2.06. The Morgan fingerprint density at radius 3 is 2.53 bits per heavy atom. The summed E-state index contributed by atoms with van der Waals surface area (Å²) in [6, 6.07) is 13.5. The van der Waals surface area contributed by atoms with Crippen molar-refractivity contribution in [1.29, 1.82) is 0 Å². The minimum atomic E-state index is 0.729. The van der Waals surface area contributed by atoms with Crippen LogP contribution in [0.25, 0.3) is 10.8 Å². The lowest BCUT2D eigenvalue weighted by molar-refractivity contribution is 0.488. The molecule has 0 bridgehead atoms. The highest BCUT2D eigenvalue weighted by Crippen LogP contribution is 2.32. The first-order valence-electron chi connectivity index (χ1n) is 5.80. The third kappa shape index (κ3) is 2.49. The molecule has 3 nitrogen and oxygen atoms in total. The second-order valence-electron chi connectivity index (χ2n) is 4.13. The number of rotatable bonds is 2. The summed E-state index contributed by atoms with van der Waals surface area (Å²) in [5, 5.41) is 1.87. The van der Waals surface area contributed by atoms with Crippen molar-refractivity contribution in [3.63, 3.8) is 0 Å². The maximum atomic E-state index is 5.95. The zero-order valence-corrected chi connectivity index (χ0v) is 12.2. The summed E-state index contributed by atoms with van der Waals surface area (Å²) < 4.78 is 7.08. The van der Waals surface area contributed by atoms with E-state index in [1.807, 2.05) is 42.5 Å². The average Bonchev–Trinajstić information content (AvgIpc) is 2.45. The molecule has 3 rings (SSSR count). The molecule has 2 N–H and O–H groups in total. The van der Waals surface area contributed by atoms with Crippen LogP contribution in [0.4, 0.5) is 5.69 Å². The molecule has 19 heavy (non-hydrogen) atoms. The second kappa shape index (κ2) is 5.05. The summed E-state index contributed by atoms with van der Waals surface area (Å²) in [7, 11) is 0. The Hall–Kier alpha value is -1.82. The standard InChI is InChI=1S/C15H11IN2O/c16-10-1-3-11(4-2-10)19-15-6-5-14(17)12-7-8-18-9-13(12)15/h1-9H,17H2. The lowest BCUT2D eigenvalue weighted by Crippen LogP contribution is -1.91. The number of fused-ring (bicyclic) bond motifs is 1. The first-order valence-corrected chi connectivity index (χ1v) is 6.87. The lowest BCUT2D eigenvalue weighted by Gasteiger charge is -2.10. The summed E-state index contributed by atoms with van der Waals surface area (Å²) in [6.45, 7) is 0. The van der Waals surface area contributed by atoms with Gasteiger partial charge in [-0.3, -0.25) is 4.98 Å². The Morgan fingerprint density at radius 1 is 0.947 bits per heavy atom. The molecule has 0 spiro atoms. The number of hydrogen-bond donors (Lipinski definition) is 1. The second-order valence-corrected chi connectivity index (χ2v) is 5.38. The van der Waals surface area contributed by atoms with Gasteiger partial charge in [0.05, 0.1) is 0 Å². The van der Waals surface area contributed by atoms with Crippen LogP contribution < -0.4 is 10.5 Å². The first-order chi connectivity index (χ1) is 9.24. The van der Waals surface area contributed by atoms with Gasteiger partial charge in [-0.15, -0.1) is 0 Å². The quantitative estimate of drug-likeness (QED) is 0.549. The van der Waals surface area contributed by atoms with E-state index in [4.69, 9.17) is 10.5 Å². The molecule has 0 radical (unpaired) electrons. The maximum absolute atomic E-state index is 5.95. The Kier molecular flexibility index (Phi) is 3.25. The highest BCUT2D eigenvalue weighted by atomic mass is 127. The van der Waals surface area contributed by atoms with Gasteiger partial charge in [0.1, 0.15) is 11.5 Å². The number of aromatic nitrogens is 1. The van der Waals surface area contributed by atoms with Crippen molar-refractivity contribution in [2.45, 2.75) is 0 Å². The molecule has 0 aliphatic carbocycles. The van der Waals surface area contributed by atoms with Crippen LogP contribution in [-0.2, 0) is 0 Å². The van der Waals surface area contributed by atoms with E-state index in [9.17, 15) is 0 Å². The van der Waals surface area contributed by atoms with E-state index < -0.39 is 0 Å². The van der Waals surface area contributed by atoms with Gasteiger partial charge < -0.3 is 10.5 Å². The fourth-order valence-corrected chi connectivity index (χ4v) is 2.27. The number of anilines is 1. The van der Waals surface area contributed by atoms with Gasteiger partial charge >= 0.3 is 0 Å². The van der Waals surface area contributed by atoms with Crippen LogP contribution in [0.1, 0.15) is 0 Å². The van der Waals surface area contributed by atoms with Crippen LogP contribution in [0, 0.1) is 3.57 Å². The van der Waals surface area contributed by atoms with Crippen LogP contribution in [0.2, 0.25) is 0 Å². The number of halogens is 1. The van der Waals surface area contributed by atoms with Crippen molar-refractivity contribution in [2.24, 2.45) is 0 Å². The van der Waals surface area contributed by atoms with Crippen LogP contribution >= 0.6 is 22.6 Å². The number of nitrogen functional groups attached to an aromatic ring is 1. The Balaban J connectivity index is 2.06. The molecule has 0 fully saturated rings. The summed E-state index contributed by atoms with van der Waals surface area (Å²) in [6.07, 6.45) is 3.50. The number of ether oxygens (including phenoxy) is 1. The average molecular weight is 362 g/mol. The topological polar surface area (TPSA) is 48.1 Å². The molecule has 94 valence electrons. The van der Waals surface area contributed by atoms with Crippen molar-refractivity contribution in [1.82, 2.24) is 4.98 Å². The van der Waals surface area contributed by atoms with E-state index in [2.05, 4.69) is 27.6 Å². The molecule has 0 atom stereocenters. The van der Waals surface area contributed by atoms with Crippen LogP contribution in [-0.4, -0.2) is 4.98 Å². The van der Waals surface area contributed by atoms with Crippen molar-refractivity contribution in [3.05, 3.63) is 58.4 Å². The van der Waals surface area contributed by atoms with E-state index in [0.717, 1.165) is 28.0 Å². The largest absolute Gasteiger partial charge is 0.457 e. The molecule has 0 amide bonds. The van der Waals surface area contributed by atoms with Crippen LogP contribution in [0.5, 0.6) is 11.5 Å². The van der Waals surface area contributed by atoms with Gasteiger partial charge in [0.2, 0.25) is 0 Å². The monoisotopic (exact) mass is 362 g/mol. The number of benzene rings is 2. The molecule has 3 aromatic rings. The highest BCUT2D eigenvalue weighted by molar-refractivity contribution is 14.1. The molecule has 4 heteroatoms. The fraction of sp³-hybridized carbons (Fsp3) is 0. The van der Waals surface area contributed by atoms with Gasteiger partial charge in [-0.2, -0.15) is 0 Å². The molecule has 0 aliphatic rings. The van der Waals surface area contributed by atoms with Crippen molar-refractivity contribution >= 4 is 39.1 Å². The molecule has 0 aliphatic heterocycles.